The van der Waals surface area contributed by atoms with Crippen LogP contribution in [0.5, 0.6) is 0 Å². The summed E-state index contributed by atoms with van der Waals surface area (Å²) in [5.74, 6) is 0. The Bertz CT molecular complexity index is 2130. The molecule has 188 valence electrons. The van der Waals surface area contributed by atoms with Crippen molar-refractivity contribution in [3.8, 4) is 0 Å². The van der Waals surface area contributed by atoms with E-state index in [1.54, 1.807) is 0 Å². The molecule has 1 nitrogen and oxygen atoms in total. The minimum atomic E-state index is 1.18. The Morgan fingerprint density at radius 2 is 0.725 bits per heavy atom. The first-order valence-corrected chi connectivity index (χ1v) is 14.6. The minimum absolute atomic E-state index is 1.18. The lowest BCUT2D eigenvalue weighted by atomic mass is 9.96. The number of benzene rings is 8. The van der Waals surface area contributed by atoms with Crippen molar-refractivity contribution in [2.24, 2.45) is 0 Å². The summed E-state index contributed by atoms with van der Waals surface area (Å²) in [5, 5.41) is 12.5. The molecule has 0 heterocycles. The molecule has 0 aromatic heterocycles. The first-order valence-electron chi connectivity index (χ1n) is 13.6. The van der Waals surface area contributed by atoms with Gasteiger partial charge in [0.2, 0.25) is 0 Å². The van der Waals surface area contributed by atoms with Crippen LogP contribution in [0, 0.1) is 3.57 Å². The van der Waals surface area contributed by atoms with E-state index in [0.29, 0.717) is 0 Å². The van der Waals surface area contributed by atoms with Crippen LogP contribution in [0.25, 0.3) is 53.9 Å². The lowest BCUT2D eigenvalue weighted by molar-refractivity contribution is 1.34. The molecular formula is C38H24IN. The molecule has 0 N–H and O–H groups in total. The average Bonchev–Trinajstić information content (AvgIpc) is 3.02. The highest BCUT2D eigenvalue weighted by molar-refractivity contribution is 14.1. The largest absolute Gasteiger partial charge is 0.309 e. The molecule has 0 amide bonds. The van der Waals surface area contributed by atoms with Gasteiger partial charge in [0.1, 0.15) is 0 Å². The monoisotopic (exact) mass is 621 g/mol. The van der Waals surface area contributed by atoms with E-state index in [2.05, 4.69) is 173 Å². The van der Waals surface area contributed by atoms with Gasteiger partial charge in [-0.1, -0.05) is 121 Å². The fraction of sp³-hybridized carbons (Fsp3) is 0. The van der Waals surface area contributed by atoms with Crippen LogP contribution in [0.1, 0.15) is 0 Å². The molecule has 0 aliphatic rings. The quantitative estimate of drug-likeness (QED) is 0.140. The Morgan fingerprint density at radius 1 is 0.325 bits per heavy atom. The third-order valence-corrected chi connectivity index (χ3v) is 9.00. The zero-order chi connectivity index (χ0) is 26.6. The van der Waals surface area contributed by atoms with Gasteiger partial charge in [0.15, 0.2) is 0 Å². The van der Waals surface area contributed by atoms with Crippen molar-refractivity contribution in [2.75, 3.05) is 4.90 Å². The molecule has 8 aromatic carbocycles. The summed E-state index contributed by atoms with van der Waals surface area (Å²) in [4.78, 5) is 2.50. The second-order valence-corrected chi connectivity index (χ2v) is 11.4. The van der Waals surface area contributed by atoms with Crippen molar-refractivity contribution in [3.63, 3.8) is 0 Å². The summed E-state index contributed by atoms with van der Waals surface area (Å²) in [7, 11) is 0. The van der Waals surface area contributed by atoms with Crippen molar-refractivity contribution in [3.05, 3.63) is 149 Å². The Hall–Kier alpha value is -4.41. The third-order valence-electron chi connectivity index (χ3n) is 8.06. The van der Waals surface area contributed by atoms with Crippen molar-refractivity contribution in [1.82, 2.24) is 0 Å². The SMILES string of the molecule is Ic1cccc2c(N(c3cc4ccccc4c4ccccc34)c3cc4ccccc4c4ccccc34)cccc12. The summed E-state index contributed by atoms with van der Waals surface area (Å²) in [6.45, 7) is 0. The summed E-state index contributed by atoms with van der Waals surface area (Å²) in [6.07, 6.45) is 0. The van der Waals surface area contributed by atoms with Gasteiger partial charge in [-0.2, -0.15) is 0 Å². The van der Waals surface area contributed by atoms with Crippen LogP contribution >= 0.6 is 22.6 Å². The van der Waals surface area contributed by atoms with E-state index >= 15 is 0 Å². The Morgan fingerprint density at radius 3 is 1.30 bits per heavy atom. The molecule has 0 fully saturated rings. The maximum atomic E-state index is 2.50. The van der Waals surface area contributed by atoms with Gasteiger partial charge < -0.3 is 4.90 Å². The van der Waals surface area contributed by atoms with Crippen molar-refractivity contribution in [2.45, 2.75) is 0 Å². The molecule has 2 heteroatoms. The molecule has 0 unspecified atom stereocenters. The summed E-state index contributed by atoms with van der Waals surface area (Å²) in [5.41, 5.74) is 3.54. The van der Waals surface area contributed by atoms with Gasteiger partial charge in [-0.15, -0.1) is 0 Å². The molecule has 0 radical (unpaired) electrons. The lowest BCUT2D eigenvalue weighted by Gasteiger charge is -2.30. The molecule has 0 saturated carbocycles. The molecule has 0 spiro atoms. The van der Waals surface area contributed by atoms with Gasteiger partial charge in [-0.3, -0.25) is 0 Å². The van der Waals surface area contributed by atoms with Crippen LogP contribution in [0.3, 0.4) is 0 Å². The zero-order valence-corrected chi connectivity index (χ0v) is 23.8. The molecule has 8 rings (SSSR count). The predicted molar refractivity (Wildman–Crippen MR) is 181 cm³/mol. The van der Waals surface area contributed by atoms with Crippen LogP contribution in [0.2, 0.25) is 0 Å². The third kappa shape index (κ3) is 3.60. The highest BCUT2D eigenvalue weighted by Gasteiger charge is 2.22. The van der Waals surface area contributed by atoms with Gasteiger partial charge in [-0.25, -0.2) is 0 Å². The number of rotatable bonds is 3. The molecule has 0 aliphatic heterocycles. The minimum Gasteiger partial charge on any atom is -0.309 e. The number of anilines is 3. The van der Waals surface area contributed by atoms with Gasteiger partial charge in [0.25, 0.3) is 0 Å². The highest BCUT2D eigenvalue weighted by atomic mass is 127. The van der Waals surface area contributed by atoms with Crippen LogP contribution in [0.4, 0.5) is 17.1 Å². The number of fused-ring (bicyclic) bond motifs is 7. The average molecular weight is 622 g/mol. The van der Waals surface area contributed by atoms with E-state index in [-0.39, 0.29) is 0 Å². The normalized spacial score (nSPS) is 11.6. The van der Waals surface area contributed by atoms with Gasteiger partial charge >= 0.3 is 0 Å². The van der Waals surface area contributed by atoms with Gasteiger partial charge in [-0.05, 0) is 84.6 Å². The molecule has 40 heavy (non-hydrogen) atoms. The van der Waals surface area contributed by atoms with Crippen LogP contribution < -0.4 is 4.90 Å². The van der Waals surface area contributed by atoms with E-state index in [1.165, 1.54) is 74.5 Å². The topological polar surface area (TPSA) is 3.24 Å². The van der Waals surface area contributed by atoms with Crippen molar-refractivity contribution in [1.29, 1.82) is 0 Å². The van der Waals surface area contributed by atoms with E-state index < -0.39 is 0 Å². The number of hydrogen-bond acceptors (Lipinski definition) is 1. The first-order chi connectivity index (χ1) is 19.8. The van der Waals surface area contributed by atoms with Gasteiger partial charge in [0.05, 0.1) is 17.1 Å². The second-order valence-electron chi connectivity index (χ2n) is 10.3. The van der Waals surface area contributed by atoms with Crippen LogP contribution in [0.15, 0.2) is 146 Å². The van der Waals surface area contributed by atoms with E-state index in [9.17, 15) is 0 Å². The second kappa shape index (κ2) is 9.35. The Kier molecular flexibility index (Phi) is 5.49. The van der Waals surface area contributed by atoms with Crippen molar-refractivity contribution < 1.29 is 0 Å². The molecule has 0 atom stereocenters. The zero-order valence-electron chi connectivity index (χ0n) is 21.7. The van der Waals surface area contributed by atoms with E-state index in [0.717, 1.165) is 0 Å². The fourth-order valence-corrected chi connectivity index (χ4v) is 6.96. The first kappa shape index (κ1) is 23.5. The molecule has 0 aliphatic carbocycles. The lowest BCUT2D eigenvalue weighted by Crippen LogP contribution is -2.12. The Labute approximate surface area is 246 Å². The molecular weight excluding hydrogens is 597 g/mol. The summed E-state index contributed by atoms with van der Waals surface area (Å²) < 4.78 is 1.25. The maximum Gasteiger partial charge on any atom is 0.0546 e. The van der Waals surface area contributed by atoms with Gasteiger partial charge in [0, 0.05) is 19.7 Å². The molecule has 0 bridgehead atoms. The molecule has 8 aromatic rings. The van der Waals surface area contributed by atoms with E-state index in [4.69, 9.17) is 0 Å². The standard InChI is InChI=1S/C38H24IN/c39-35-21-9-20-34-31(35)19-10-22-36(34)40(37-23-25-11-1-3-13-27(25)29-15-5-7-17-32(29)37)38-24-26-12-2-4-14-28(26)30-16-6-8-18-33(30)38/h1-24H. The molecule has 0 saturated heterocycles. The summed E-state index contributed by atoms with van der Waals surface area (Å²) >= 11 is 2.46. The Balaban J connectivity index is 1.58. The van der Waals surface area contributed by atoms with Crippen LogP contribution in [-0.2, 0) is 0 Å². The number of hydrogen-bond donors (Lipinski definition) is 0. The van der Waals surface area contributed by atoms with Crippen LogP contribution in [-0.4, -0.2) is 0 Å². The van der Waals surface area contributed by atoms with E-state index in [1.807, 2.05) is 0 Å². The smallest absolute Gasteiger partial charge is 0.0546 e. The number of nitrogens with zero attached hydrogens (tertiary/aromatic N) is 1. The fourth-order valence-electron chi connectivity index (χ4n) is 6.28. The van der Waals surface area contributed by atoms with Crippen molar-refractivity contribution >= 4 is 93.5 Å². The number of halogens is 1. The summed E-state index contributed by atoms with van der Waals surface area (Å²) in [6, 6.07) is 53.2. The predicted octanol–water partition coefficient (Wildman–Crippen LogP) is 11.5. The maximum absolute atomic E-state index is 2.50. The highest BCUT2D eigenvalue weighted by Crippen LogP contribution is 2.47.